The van der Waals surface area contributed by atoms with E-state index >= 15 is 0 Å². The summed E-state index contributed by atoms with van der Waals surface area (Å²) in [4.78, 5) is 34.1. The highest BCUT2D eigenvalue weighted by atomic mass is 19.4. The van der Waals surface area contributed by atoms with Crippen molar-refractivity contribution in [3.8, 4) is 0 Å². The molecule has 2 aromatic rings. The first-order chi connectivity index (χ1) is 13.9. The Morgan fingerprint density at radius 3 is 1.77 bits per heavy atom. The van der Waals surface area contributed by atoms with Crippen molar-refractivity contribution >= 4 is 35.0 Å². The SMILES string of the molecule is O=C(/C=C/c1cccc(NC(=O)C(F)(F)F)c1)c1cccc(NC(=O)C(F)(F)F)c1. The summed E-state index contributed by atoms with van der Waals surface area (Å²) in [6, 6.07) is 9.98. The smallest absolute Gasteiger partial charge is 0.318 e. The maximum absolute atomic E-state index is 12.3. The molecular formula is C19H12F6N2O3. The summed E-state index contributed by atoms with van der Waals surface area (Å²) in [7, 11) is 0. The van der Waals surface area contributed by atoms with E-state index in [0.29, 0.717) is 0 Å². The average Bonchev–Trinajstić information content (AvgIpc) is 2.65. The molecular weight excluding hydrogens is 418 g/mol. The van der Waals surface area contributed by atoms with Gasteiger partial charge in [0, 0.05) is 16.9 Å². The average molecular weight is 430 g/mol. The van der Waals surface area contributed by atoms with Crippen LogP contribution < -0.4 is 10.6 Å². The fraction of sp³-hybridized carbons (Fsp3) is 0.105. The molecule has 2 aromatic carbocycles. The maximum atomic E-state index is 12.3. The van der Waals surface area contributed by atoms with Crippen LogP contribution in [0.5, 0.6) is 0 Å². The molecule has 30 heavy (non-hydrogen) atoms. The first kappa shape index (κ1) is 22.7. The standard InChI is InChI=1S/C19H12F6N2O3/c20-18(21,22)16(29)26-13-5-1-3-11(9-13)7-8-15(28)12-4-2-6-14(10-12)27-17(30)19(23,24)25/h1-10H,(H,26,29)(H,27,30)/b8-7+. The van der Waals surface area contributed by atoms with Gasteiger partial charge < -0.3 is 10.6 Å². The zero-order valence-corrected chi connectivity index (χ0v) is 14.8. The van der Waals surface area contributed by atoms with Crippen molar-refractivity contribution in [2.75, 3.05) is 10.6 Å². The molecule has 5 nitrogen and oxygen atoms in total. The van der Waals surface area contributed by atoms with Crippen LogP contribution in [-0.4, -0.2) is 30.0 Å². The zero-order valence-electron chi connectivity index (χ0n) is 14.8. The van der Waals surface area contributed by atoms with Gasteiger partial charge in [-0.25, -0.2) is 0 Å². The van der Waals surface area contributed by atoms with E-state index in [-0.39, 0.29) is 22.5 Å². The number of anilines is 2. The minimum absolute atomic E-state index is 0.0345. The second-order valence-electron chi connectivity index (χ2n) is 5.81. The van der Waals surface area contributed by atoms with Crippen molar-refractivity contribution in [3.63, 3.8) is 0 Å². The number of hydrogen-bond donors (Lipinski definition) is 2. The van der Waals surface area contributed by atoms with E-state index < -0.39 is 30.0 Å². The van der Waals surface area contributed by atoms with Gasteiger partial charge in [-0.1, -0.05) is 30.3 Å². The lowest BCUT2D eigenvalue weighted by molar-refractivity contribution is -0.167. The van der Waals surface area contributed by atoms with Crippen LogP contribution in [0.2, 0.25) is 0 Å². The Morgan fingerprint density at radius 1 is 0.733 bits per heavy atom. The summed E-state index contributed by atoms with van der Waals surface area (Å²) < 4.78 is 73.8. The first-order valence-corrected chi connectivity index (χ1v) is 8.05. The highest BCUT2D eigenvalue weighted by Crippen LogP contribution is 2.21. The molecule has 0 saturated heterocycles. The lowest BCUT2D eigenvalue weighted by Crippen LogP contribution is -2.29. The van der Waals surface area contributed by atoms with Crippen molar-refractivity contribution < 1.29 is 40.7 Å². The molecule has 158 valence electrons. The van der Waals surface area contributed by atoms with E-state index in [1.807, 2.05) is 0 Å². The highest BCUT2D eigenvalue weighted by Gasteiger charge is 2.39. The molecule has 2 N–H and O–H groups in total. The van der Waals surface area contributed by atoms with E-state index in [9.17, 15) is 40.7 Å². The van der Waals surface area contributed by atoms with Crippen LogP contribution >= 0.6 is 0 Å². The van der Waals surface area contributed by atoms with E-state index in [2.05, 4.69) is 0 Å². The third-order valence-corrected chi connectivity index (χ3v) is 3.49. The number of amides is 2. The molecule has 2 rings (SSSR count). The second kappa shape index (κ2) is 8.80. The van der Waals surface area contributed by atoms with Crippen LogP contribution in [0.4, 0.5) is 37.7 Å². The number of alkyl halides is 6. The van der Waals surface area contributed by atoms with Crippen molar-refractivity contribution in [1.82, 2.24) is 0 Å². The van der Waals surface area contributed by atoms with E-state index in [1.54, 1.807) is 10.6 Å². The van der Waals surface area contributed by atoms with E-state index in [1.165, 1.54) is 42.5 Å². The Hall–Kier alpha value is -3.63. The van der Waals surface area contributed by atoms with Crippen molar-refractivity contribution in [2.45, 2.75) is 12.4 Å². The van der Waals surface area contributed by atoms with Gasteiger partial charge in [-0.15, -0.1) is 0 Å². The number of ketones is 1. The fourth-order valence-electron chi connectivity index (χ4n) is 2.14. The molecule has 0 fully saturated rings. The topological polar surface area (TPSA) is 75.3 Å². The van der Waals surface area contributed by atoms with Gasteiger partial charge >= 0.3 is 24.2 Å². The predicted molar refractivity (Wildman–Crippen MR) is 95.6 cm³/mol. The molecule has 11 heteroatoms. The monoisotopic (exact) mass is 430 g/mol. The summed E-state index contributed by atoms with van der Waals surface area (Å²) >= 11 is 0. The van der Waals surface area contributed by atoms with Gasteiger partial charge in [0.25, 0.3) is 0 Å². The number of carbonyl (C=O) groups excluding carboxylic acids is 3. The Balaban J connectivity index is 2.11. The van der Waals surface area contributed by atoms with E-state index in [0.717, 1.165) is 18.2 Å². The highest BCUT2D eigenvalue weighted by molar-refractivity contribution is 6.08. The molecule has 0 heterocycles. The van der Waals surface area contributed by atoms with Gasteiger partial charge in [0.1, 0.15) is 0 Å². The third-order valence-electron chi connectivity index (χ3n) is 3.49. The molecule has 2 amide bonds. The first-order valence-electron chi connectivity index (χ1n) is 8.05. The fourth-order valence-corrected chi connectivity index (χ4v) is 2.14. The number of hydrogen-bond acceptors (Lipinski definition) is 3. The second-order valence-corrected chi connectivity index (χ2v) is 5.81. The third kappa shape index (κ3) is 6.47. The maximum Gasteiger partial charge on any atom is 0.471 e. The van der Waals surface area contributed by atoms with Gasteiger partial charge in [-0.05, 0) is 35.9 Å². The van der Waals surface area contributed by atoms with Crippen molar-refractivity contribution in [1.29, 1.82) is 0 Å². The summed E-state index contributed by atoms with van der Waals surface area (Å²) in [5.41, 5.74) is -0.144. The van der Waals surface area contributed by atoms with Gasteiger partial charge in [-0.3, -0.25) is 14.4 Å². The van der Waals surface area contributed by atoms with E-state index in [4.69, 9.17) is 0 Å². The van der Waals surface area contributed by atoms with Crippen LogP contribution in [-0.2, 0) is 9.59 Å². The molecule has 0 saturated carbocycles. The lowest BCUT2D eigenvalue weighted by Gasteiger charge is -2.08. The summed E-state index contributed by atoms with van der Waals surface area (Å²) in [6.45, 7) is 0. The Labute approximate surface area is 165 Å². The van der Waals surface area contributed by atoms with Crippen LogP contribution in [0.15, 0.2) is 54.6 Å². The Morgan fingerprint density at radius 2 is 1.23 bits per heavy atom. The van der Waals surface area contributed by atoms with Crippen LogP contribution in [0.1, 0.15) is 15.9 Å². The molecule has 0 spiro atoms. The molecule has 0 aliphatic heterocycles. The number of rotatable bonds is 5. The van der Waals surface area contributed by atoms with Gasteiger partial charge in [0.05, 0.1) is 0 Å². The Bertz CT molecular complexity index is 996. The lowest BCUT2D eigenvalue weighted by atomic mass is 10.1. The van der Waals surface area contributed by atoms with Crippen LogP contribution in [0.25, 0.3) is 6.08 Å². The number of nitrogens with one attached hydrogen (secondary N) is 2. The Kier molecular flexibility index (Phi) is 6.65. The molecule has 0 aromatic heterocycles. The number of benzene rings is 2. The number of carbonyl (C=O) groups is 3. The minimum Gasteiger partial charge on any atom is -0.318 e. The van der Waals surface area contributed by atoms with Gasteiger partial charge in [0.15, 0.2) is 5.78 Å². The molecule has 0 aliphatic carbocycles. The quantitative estimate of drug-likeness (QED) is 0.414. The number of allylic oxidation sites excluding steroid dienone is 1. The predicted octanol–water partition coefficient (Wildman–Crippen LogP) is 4.58. The normalized spacial score (nSPS) is 11.9. The molecule has 0 atom stereocenters. The van der Waals surface area contributed by atoms with Crippen molar-refractivity contribution in [2.24, 2.45) is 0 Å². The van der Waals surface area contributed by atoms with Crippen LogP contribution in [0.3, 0.4) is 0 Å². The summed E-state index contributed by atoms with van der Waals surface area (Å²) in [6.07, 6.45) is -7.87. The zero-order chi connectivity index (χ0) is 22.5. The summed E-state index contributed by atoms with van der Waals surface area (Å²) in [5, 5.41) is 3.28. The molecule has 0 unspecified atom stereocenters. The molecule has 0 bridgehead atoms. The van der Waals surface area contributed by atoms with Gasteiger partial charge in [0.2, 0.25) is 0 Å². The number of halogens is 6. The molecule has 0 aliphatic rings. The molecule has 0 radical (unpaired) electrons. The largest absolute Gasteiger partial charge is 0.471 e. The summed E-state index contributed by atoms with van der Waals surface area (Å²) in [5.74, 6) is -4.99. The minimum atomic E-state index is -5.09. The van der Waals surface area contributed by atoms with Crippen LogP contribution in [0, 0.1) is 0 Å². The van der Waals surface area contributed by atoms with Crippen molar-refractivity contribution in [3.05, 3.63) is 65.7 Å². The van der Waals surface area contributed by atoms with Gasteiger partial charge in [-0.2, -0.15) is 26.3 Å².